The Kier molecular flexibility index (Phi) is 11.5. The summed E-state index contributed by atoms with van der Waals surface area (Å²) in [5, 5.41) is 3.43. The zero-order valence-electron chi connectivity index (χ0n) is 18.5. The van der Waals surface area contributed by atoms with Gasteiger partial charge in [0.05, 0.1) is 13.2 Å². The first-order valence-corrected chi connectivity index (χ1v) is 10.7. The van der Waals surface area contributed by atoms with E-state index in [1.807, 2.05) is 48.5 Å². The molecular weight excluding hydrogens is 505 g/mol. The van der Waals surface area contributed by atoms with E-state index < -0.39 is 0 Å². The van der Waals surface area contributed by atoms with Gasteiger partial charge in [-0.2, -0.15) is 0 Å². The van der Waals surface area contributed by atoms with Crippen LogP contribution in [-0.4, -0.2) is 56.9 Å². The Hall–Kier alpha value is -2.00. The molecule has 0 aliphatic carbocycles. The van der Waals surface area contributed by atoms with Crippen molar-refractivity contribution in [2.24, 2.45) is 4.99 Å². The lowest BCUT2D eigenvalue weighted by Gasteiger charge is -2.34. The van der Waals surface area contributed by atoms with E-state index in [1.165, 1.54) is 0 Å². The van der Waals surface area contributed by atoms with E-state index in [-0.39, 0.29) is 30.1 Å². The van der Waals surface area contributed by atoms with Crippen LogP contribution in [0.25, 0.3) is 0 Å². The van der Waals surface area contributed by atoms with Gasteiger partial charge in [0.15, 0.2) is 5.96 Å². The molecule has 7 heteroatoms. The van der Waals surface area contributed by atoms with Crippen LogP contribution in [0.4, 0.5) is 0 Å². The number of rotatable bonds is 9. The predicted molar refractivity (Wildman–Crippen MR) is 136 cm³/mol. The predicted octanol–water partition coefficient (Wildman–Crippen LogP) is 4.34. The summed E-state index contributed by atoms with van der Waals surface area (Å²) in [6, 6.07) is 18.2. The number of aliphatic imine (C=N–C) groups is 1. The Morgan fingerprint density at radius 3 is 2.48 bits per heavy atom. The SMILES string of the molecule is CCNC(=NCc1cccc(OCCOC)c1)N1CCC(Oc2ccccc2)CC1.I. The molecule has 3 rings (SSSR count). The number of guanidine groups is 1. The molecule has 0 aromatic heterocycles. The van der Waals surface area contributed by atoms with Gasteiger partial charge < -0.3 is 24.4 Å². The Balaban J connectivity index is 0.00000341. The van der Waals surface area contributed by atoms with Crippen LogP contribution in [0.3, 0.4) is 0 Å². The van der Waals surface area contributed by atoms with Crippen LogP contribution < -0.4 is 14.8 Å². The van der Waals surface area contributed by atoms with Crippen molar-refractivity contribution in [2.45, 2.75) is 32.4 Å². The fraction of sp³-hybridized carbons (Fsp3) is 0.458. The number of hydrogen-bond acceptors (Lipinski definition) is 4. The molecule has 1 heterocycles. The molecule has 0 saturated carbocycles. The van der Waals surface area contributed by atoms with Gasteiger partial charge in [0.1, 0.15) is 24.2 Å². The average molecular weight is 539 g/mol. The maximum Gasteiger partial charge on any atom is 0.194 e. The highest BCUT2D eigenvalue weighted by atomic mass is 127. The van der Waals surface area contributed by atoms with Crippen LogP contribution >= 0.6 is 24.0 Å². The Labute approximate surface area is 203 Å². The molecule has 2 aromatic carbocycles. The lowest BCUT2D eigenvalue weighted by atomic mass is 10.1. The van der Waals surface area contributed by atoms with Crippen molar-refractivity contribution in [3.63, 3.8) is 0 Å². The second-order valence-corrected chi connectivity index (χ2v) is 7.28. The maximum atomic E-state index is 6.12. The number of nitrogens with one attached hydrogen (secondary N) is 1. The second kappa shape index (κ2) is 14.1. The summed E-state index contributed by atoms with van der Waals surface area (Å²) in [6.07, 6.45) is 2.23. The lowest BCUT2D eigenvalue weighted by Crippen LogP contribution is -2.47. The lowest BCUT2D eigenvalue weighted by molar-refractivity contribution is 0.129. The summed E-state index contributed by atoms with van der Waals surface area (Å²) >= 11 is 0. The third-order valence-electron chi connectivity index (χ3n) is 4.99. The first-order chi connectivity index (χ1) is 14.8. The topological polar surface area (TPSA) is 55.3 Å². The third kappa shape index (κ3) is 8.57. The van der Waals surface area contributed by atoms with Crippen molar-refractivity contribution in [1.82, 2.24) is 10.2 Å². The molecule has 0 unspecified atom stereocenters. The zero-order valence-corrected chi connectivity index (χ0v) is 20.8. The number of benzene rings is 2. The van der Waals surface area contributed by atoms with Crippen LogP contribution in [0.2, 0.25) is 0 Å². The first kappa shape index (κ1) is 25.3. The minimum Gasteiger partial charge on any atom is -0.491 e. The quantitative estimate of drug-likeness (QED) is 0.223. The molecule has 6 nitrogen and oxygen atoms in total. The molecule has 0 amide bonds. The fourth-order valence-electron chi connectivity index (χ4n) is 3.45. The number of halogens is 1. The summed E-state index contributed by atoms with van der Waals surface area (Å²) in [5.41, 5.74) is 1.13. The molecule has 0 radical (unpaired) electrons. The van der Waals surface area contributed by atoms with Crippen molar-refractivity contribution in [1.29, 1.82) is 0 Å². The van der Waals surface area contributed by atoms with Crippen molar-refractivity contribution in [2.75, 3.05) is 40.0 Å². The van der Waals surface area contributed by atoms with Crippen LogP contribution in [-0.2, 0) is 11.3 Å². The smallest absolute Gasteiger partial charge is 0.194 e. The molecule has 1 aliphatic heterocycles. The summed E-state index contributed by atoms with van der Waals surface area (Å²) in [4.78, 5) is 7.19. The van der Waals surface area contributed by atoms with E-state index >= 15 is 0 Å². The monoisotopic (exact) mass is 539 g/mol. The summed E-state index contributed by atoms with van der Waals surface area (Å²) in [7, 11) is 1.67. The number of likely N-dealkylation sites (tertiary alicyclic amines) is 1. The summed E-state index contributed by atoms with van der Waals surface area (Å²) < 4.78 is 16.9. The minimum atomic E-state index is 0. The number of hydrogen-bond donors (Lipinski definition) is 1. The Morgan fingerprint density at radius 1 is 1.03 bits per heavy atom. The van der Waals surface area contributed by atoms with Gasteiger partial charge in [0.25, 0.3) is 0 Å². The van der Waals surface area contributed by atoms with Crippen molar-refractivity contribution < 1.29 is 14.2 Å². The molecule has 2 aromatic rings. The molecule has 0 spiro atoms. The van der Waals surface area contributed by atoms with Crippen LogP contribution in [0.1, 0.15) is 25.3 Å². The summed E-state index contributed by atoms with van der Waals surface area (Å²) in [5.74, 6) is 2.76. The van der Waals surface area contributed by atoms with Gasteiger partial charge in [-0.1, -0.05) is 30.3 Å². The highest BCUT2D eigenvalue weighted by Crippen LogP contribution is 2.19. The molecular formula is C24H34IN3O3. The van der Waals surface area contributed by atoms with E-state index in [2.05, 4.69) is 23.2 Å². The average Bonchev–Trinajstić information content (AvgIpc) is 2.78. The van der Waals surface area contributed by atoms with Gasteiger partial charge in [-0.3, -0.25) is 0 Å². The van der Waals surface area contributed by atoms with E-state index in [0.717, 1.165) is 55.5 Å². The first-order valence-electron chi connectivity index (χ1n) is 10.7. The summed E-state index contributed by atoms with van der Waals surface area (Å²) in [6.45, 7) is 6.56. The van der Waals surface area contributed by atoms with Crippen LogP contribution in [0.15, 0.2) is 59.6 Å². The van der Waals surface area contributed by atoms with E-state index in [0.29, 0.717) is 19.8 Å². The number of piperidine rings is 1. The van der Waals surface area contributed by atoms with Crippen molar-refractivity contribution in [3.05, 3.63) is 60.2 Å². The molecule has 1 saturated heterocycles. The van der Waals surface area contributed by atoms with Gasteiger partial charge >= 0.3 is 0 Å². The normalized spacial score (nSPS) is 14.6. The molecule has 170 valence electrons. The number of para-hydroxylation sites is 1. The fourth-order valence-corrected chi connectivity index (χ4v) is 3.45. The Morgan fingerprint density at radius 2 is 1.77 bits per heavy atom. The van der Waals surface area contributed by atoms with E-state index in [9.17, 15) is 0 Å². The zero-order chi connectivity index (χ0) is 21.0. The number of methoxy groups -OCH3 is 1. The molecule has 1 fully saturated rings. The van der Waals surface area contributed by atoms with Crippen molar-refractivity contribution in [3.8, 4) is 11.5 Å². The molecule has 31 heavy (non-hydrogen) atoms. The standard InChI is InChI=1S/C24H33N3O3.HI/c1-3-25-24(26-19-20-8-7-11-23(18-20)29-17-16-28-2)27-14-12-22(13-15-27)30-21-9-5-4-6-10-21;/h4-11,18,22H,3,12-17,19H2,1-2H3,(H,25,26);1H. The van der Waals surface area contributed by atoms with Gasteiger partial charge in [-0.15, -0.1) is 24.0 Å². The molecule has 1 aliphatic rings. The third-order valence-corrected chi connectivity index (χ3v) is 4.99. The number of ether oxygens (including phenoxy) is 3. The highest BCUT2D eigenvalue weighted by Gasteiger charge is 2.22. The number of nitrogens with zero attached hydrogens (tertiary/aromatic N) is 2. The van der Waals surface area contributed by atoms with Gasteiger partial charge in [0, 0.05) is 39.6 Å². The van der Waals surface area contributed by atoms with Gasteiger partial charge in [-0.25, -0.2) is 4.99 Å². The highest BCUT2D eigenvalue weighted by molar-refractivity contribution is 14.0. The minimum absolute atomic E-state index is 0. The molecule has 1 N–H and O–H groups in total. The molecule has 0 bridgehead atoms. The van der Waals surface area contributed by atoms with E-state index in [1.54, 1.807) is 7.11 Å². The second-order valence-electron chi connectivity index (χ2n) is 7.28. The van der Waals surface area contributed by atoms with Gasteiger partial charge in [-0.05, 0) is 36.8 Å². The van der Waals surface area contributed by atoms with Crippen molar-refractivity contribution >= 4 is 29.9 Å². The van der Waals surface area contributed by atoms with Gasteiger partial charge in [0.2, 0.25) is 0 Å². The van der Waals surface area contributed by atoms with Crippen LogP contribution in [0.5, 0.6) is 11.5 Å². The van der Waals surface area contributed by atoms with Crippen LogP contribution in [0, 0.1) is 0 Å². The largest absolute Gasteiger partial charge is 0.491 e. The van der Waals surface area contributed by atoms with E-state index in [4.69, 9.17) is 19.2 Å². The molecule has 0 atom stereocenters. The maximum absolute atomic E-state index is 6.12. The Bertz CT molecular complexity index is 781.